The molecule has 70 valence electrons. The van der Waals surface area contributed by atoms with Gasteiger partial charge < -0.3 is 0 Å². The number of rotatable bonds is 1. The van der Waals surface area contributed by atoms with Gasteiger partial charge in [0.2, 0.25) is 0 Å². The molecule has 0 radical (unpaired) electrons. The summed E-state index contributed by atoms with van der Waals surface area (Å²) < 4.78 is 0. The van der Waals surface area contributed by atoms with E-state index in [1.165, 1.54) is 10.4 Å². The number of Topliss-reactive ketones (excluding diaryl/α,β-unsaturated/α-hetero) is 1. The Labute approximate surface area is 82.8 Å². The summed E-state index contributed by atoms with van der Waals surface area (Å²) in [6, 6.07) is 2.18. The molecule has 1 aliphatic carbocycles. The molecule has 0 amide bonds. The predicted octanol–water partition coefficient (Wildman–Crippen LogP) is 3.14. The average Bonchev–Trinajstić information content (AvgIpc) is 2.62. The lowest BCUT2D eigenvalue weighted by molar-refractivity contribution is -0.120. The fraction of sp³-hybridized carbons (Fsp3) is 0.545. The van der Waals surface area contributed by atoms with Crippen LogP contribution < -0.4 is 0 Å². The van der Waals surface area contributed by atoms with Crippen LogP contribution in [0.25, 0.3) is 0 Å². The van der Waals surface area contributed by atoms with Crippen LogP contribution in [0.5, 0.6) is 0 Å². The van der Waals surface area contributed by atoms with Gasteiger partial charge in [0.05, 0.1) is 0 Å². The first-order valence-corrected chi connectivity index (χ1v) is 5.65. The normalized spacial score (nSPS) is 28.3. The van der Waals surface area contributed by atoms with Gasteiger partial charge in [0.15, 0.2) is 0 Å². The van der Waals surface area contributed by atoms with E-state index in [0.29, 0.717) is 11.7 Å². The van der Waals surface area contributed by atoms with E-state index in [1.807, 2.05) is 0 Å². The van der Waals surface area contributed by atoms with E-state index in [-0.39, 0.29) is 5.92 Å². The molecule has 0 bridgehead atoms. The first-order valence-electron chi connectivity index (χ1n) is 4.77. The van der Waals surface area contributed by atoms with E-state index < -0.39 is 0 Å². The van der Waals surface area contributed by atoms with Gasteiger partial charge in [0.1, 0.15) is 5.78 Å². The standard InChI is InChI=1S/C11H14OS/c1-7-9(3-4-11(7)12)10-5-6-13-8(10)2/h5-7,9H,3-4H2,1-2H3. The lowest BCUT2D eigenvalue weighted by Gasteiger charge is -2.13. The van der Waals surface area contributed by atoms with Gasteiger partial charge in [-0.2, -0.15) is 0 Å². The minimum Gasteiger partial charge on any atom is -0.299 e. The van der Waals surface area contributed by atoms with Crippen molar-refractivity contribution in [3.05, 3.63) is 21.9 Å². The Kier molecular flexibility index (Phi) is 2.24. The molecule has 0 saturated heterocycles. The topological polar surface area (TPSA) is 17.1 Å². The van der Waals surface area contributed by atoms with Crippen LogP contribution >= 0.6 is 11.3 Å². The zero-order valence-corrected chi connectivity index (χ0v) is 8.86. The molecular weight excluding hydrogens is 180 g/mol. The maximum atomic E-state index is 11.4. The second kappa shape index (κ2) is 3.26. The number of hydrogen-bond acceptors (Lipinski definition) is 2. The highest BCUT2D eigenvalue weighted by Gasteiger charge is 2.32. The SMILES string of the molecule is Cc1sccc1C1CCC(=O)C1C. The van der Waals surface area contributed by atoms with Gasteiger partial charge in [-0.05, 0) is 36.3 Å². The molecule has 2 heteroatoms. The van der Waals surface area contributed by atoms with Crippen molar-refractivity contribution in [2.45, 2.75) is 32.6 Å². The minimum atomic E-state index is 0.244. The van der Waals surface area contributed by atoms with E-state index >= 15 is 0 Å². The van der Waals surface area contributed by atoms with Crippen LogP contribution in [0.4, 0.5) is 0 Å². The van der Waals surface area contributed by atoms with Gasteiger partial charge in [-0.3, -0.25) is 4.79 Å². The van der Waals surface area contributed by atoms with Gasteiger partial charge >= 0.3 is 0 Å². The van der Waals surface area contributed by atoms with Crippen molar-refractivity contribution in [1.29, 1.82) is 0 Å². The van der Waals surface area contributed by atoms with Crippen molar-refractivity contribution in [2.24, 2.45) is 5.92 Å². The van der Waals surface area contributed by atoms with Crippen molar-refractivity contribution < 1.29 is 4.79 Å². The van der Waals surface area contributed by atoms with Crippen LogP contribution in [0, 0.1) is 12.8 Å². The Hall–Kier alpha value is -0.630. The molecule has 13 heavy (non-hydrogen) atoms. The Bertz CT molecular complexity index is 327. The zero-order chi connectivity index (χ0) is 9.42. The number of hydrogen-bond donors (Lipinski definition) is 0. The lowest BCUT2D eigenvalue weighted by Crippen LogP contribution is -2.08. The van der Waals surface area contributed by atoms with Crippen LogP contribution in [0.1, 0.15) is 36.1 Å². The minimum absolute atomic E-state index is 0.244. The van der Waals surface area contributed by atoms with E-state index in [1.54, 1.807) is 11.3 Å². The van der Waals surface area contributed by atoms with Crippen molar-refractivity contribution >= 4 is 17.1 Å². The molecule has 2 unspecified atom stereocenters. The summed E-state index contributed by atoms with van der Waals surface area (Å²) in [6.07, 6.45) is 1.83. The molecule has 2 atom stereocenters. The van der Waals surface area contributed by atoms with E-state index in [9.17, 15) is 4.79 Å². The molecule has 1 aromatic rings. The van der Waals surface area contributed by atoms with Crippen LogP contribution in [0.3, 0.4) is 0 Å². The van der Waals surface area contributed by atoms with Crippen molar-refractivity contribution in [1.82, 2.24) is 0 Å². The molecule has 1 saturated carbocycles. The third-order valence-corrected chi connectivity index (χ3v) is 3.97. The van der Waals surface area contributed by atoms with Crippen molar-refractivity contribution in [3.8, 4) is 0 Å². The van der Waals surface area contributed by atoms with Gasteiger partial charge in [-0.25, -0.2) is 0 Å². The Balaban J connectivity index is 2.28. The van der Waals surface area contributed by atoms with Crippen LogP contribution in [0.15, 0.2) is 11.4 Å². The number of thiophene rings is 1. The third-order valence-electron chi connectivity index (χ3n) is 3.11. The monoisotopic (exact) mass is 194 g/mol. The number of ketones is 1. The van der Waals surface area contributed by atoms with Gasteiger partial charge in [-0.1, -0.05) is 6.92 Å². The third kappa shape index (κ3) is 1.44. The van der Waals surface area contributed by atoms with Gasteiger partial charge in [0, 0.05) is 17.2 Å². The second-order valence-electron chi connectivity index (χ2n) is 3.83. The summed E-state index contributed by atoms with van der Waals surface area (Å²) >= 11 is 1.78. The maximum absolute atomic E-state index is 11.4. The summed E-state index contributed by atoms with van der Waals surface area (Å²) in [4.78, 5) is 12.8. The predicted molar refractivity (Wildman–Crippen MR) is 55.2 cm³/mol. The summed E-state index contributed by atoms with van der Waals surface area (Å²) in [5, 5.41) is 2.13. The van der Waals surface area contributed by atoms with Crippen LogP contribution in [0.2, 0.25) is 0 Å². The number of aryl methyl sites for hydroxylation is 1. The molecule has 1 aliphatic rings. The summed E-state index contributed by atoms with van der Waals surface area (Å²) in [7, 11) is 0. The smallest absolute Gasteiger partial charge is 0.136 e. The van der Waals surface area contributed by atoms with Crippen molar-refractivity contribution in [3.63, 3.8) is 0 Å². The number of carbonyl (C=O) groups is 1. The van der Waals surface area contributed by atoms with E-state index in [2.05, 4.69) is 25.3 Å². The Morgan fingerprint density at radius 3 is 2.77 bits per heavy atom. The highest BCUT2D eigenvalue weighted by atomic mass is 32.1. The van der Waals surface area contributed by atoms with Crippen LogP contribution in [-0.4, -0.2) is 5.78 Å². The first kappa shape index (κ1) is 8.95. The molecule has 0 aromatic carbocycles. The maximum Gasteiger partial charge on any atom is 0.136 e. The van der Waals surface area contributed by atoms with E-state index in [4.69, 9.17) is 0 Å². The summed E-state index contributed by atoms with van der Waals surface area (Å²) in [5.74, 6) is 1.18. The Morgan fingerprint density at radius 2 is 2.31 bits per heavy atom. The molecule has 1 fully saturated rings. The molecule has 0 spiro atoms. The lowest BCUT2D eigenvalue weighted by atomic mass is 9.90. The first-order chi connectivity index (χ1) is 6.20. The van der Waals surface area contributed by atoms with E-state index in [0.717, 1.165) is 12.8 Å². The Morgan fingerprint density at radius 1 is 1.54 bits per heavy atom. The molecule has 0 N–H and O–H groups in total. The highest BCUT2D eigenvalue weighted by Crippen LogP contribution is 2.39. The van der Waals surface area contributed by atoms with Crippen molar-refractivity contribution in [2.75, 3.05) is 0 Å². The van der Waals surface area contributed by atoms with Gasteiger partial charge in [0.25, 0.3) is 0 Å². The second-order valence-corrected chi connectivity index (χ2v) is 4.95. The molecular formula is C11H14OS. The molecule has 1 aromatic heterocycles. The summed E-state index contributed by atoms with van der Waals surface area (Å²) in [5.41, 5.74) is 1.41. The molecule has 1 heterocycles. The molecule has 0 aliphatic heterocycles. The average molecular weight is 194 g/mol. The summed E-state index contributed by atoms with van der Waals surface area (Å²) in [6.45, 7) is 4.21. The zero-order valence-electron chi connectivity index (χ0n) is 8.04. The largest absolute Gasteiger partial charge is 0.299 e. The molecule has 2 rings (SSSR count). The van der Waals surface area contributed by atoms with Gasteiger partial charge in [-0.15, -0.1) is 11.3 Å². The van der Waals surface area contributed by atoms with Crippen LogP contribution in [-0.2, 0) is 4.79 Å². The quantitative estimate of drug-likeness (QED) is 0.671. The fourth-order valence-corrected chi connectivity index (χ4v) is 2.98. The fourth-order valence-electron chi connectivity index (χ4n) is 2.20. The number of carbonyl (C=O) groups excluding carboxylic acids is 1. The highest BCUT2D eigenvalue weighted by molar-refractivity contribution is 7.10. The molecule has 1 nitrogen and oxygen atoms in total.